The topological polar surface area (TPSA) is 30.5 Å². The second-order valence-corrected chi connectivity index (χ2v) is 4.76. The molecule has 0 amide bonds. The van der Waals surface area contributed by atoms with Crippen molar-refractivity contribution in [1.82, 2.24) is 5.32 Å². The van der Waals surface area contributed by atoms with E-state index in [1.165, 1.54) is 6.07 Å². The first-order valence-electron chi connectivity index (χ1n) is 6.85. The number of hydrogen-bond acceptors (Lipinski definition) is 3. The van der Waals surface area contributed by atoms with Crippen LogP contribution in [0.3, 0.4) is 0 Å². The highest BCUT2D eigenvalue weighted by Crippen LogP contribution is 2.18. The lowest BCUT2D eigenvalue weighted by molar-refractivity contribution is 0.0991. The lowest BCUT2D eigenvalue weighted by atomic mass is 10.2. The zero-order chi connectivity index (χ0) is 14.1. The molecule has 0 aliphatic rings. The number of ether oxygens (including phenoxy) is 2. The van der Waals surface area contributed by atoms with E-state index in [-0.39, 0.29) is 11.6 Å². The van der Waals surface area contributed by atoms with Crippen molar-refractivity contribution in [3.8, 4) is 5.75 Å². The summed E-state index contributed by atoms with van der Waals surface area (Å²) in [7, 11) is 0. The monoisotopic (exact) mass is 269 g/mol. The van der Waals surface area contributed by atoms with Gasteiger partial charge in [0.15, 0.2) is 11.6 Å². The first kappa shape index (κ1) is 15.9. The Morgan fingerprint density at radius 2 is 2.00 bits per heavy atom. The van der Waals surface area contributed by atoms with Gasteiger partial charge in [-0.3, -0.25) is 0 Å². The summed E-state index contributed by atoms with van der Waals surface area (Å²) in [6.45, 7) is 8.41. The van der Waals surface area contributed by atoms with Crippen molar-refractivity contribution in [3.05, 3.63) is 29.6 Å². The van der Waals surface area contributed by atoms with Gasteiger partial charge in [0.25, 0.3) is 0 Å². The molecule has 0 aromatic heterocycles. The molecule has 0 heterocycles. The number of halogens is 1. The van der Waals surface area contributed by atoms with Crippen molar-refractivity contribution in [3.63, 3.8) is 0 Å². The summed E-state index contributed by atoms with van der Waals surface area (Å²) in [5.41, 5.74) is 0.917. The van der Waals surface area contributed by atoms with Crippen LogP contribution in [0.25, 0.3) is 0 Å². The highest BCUT2D eigenvalue weighted by molar-refractivity contribution is 5.29. The molecule has 1 aromatic carbocycles. The molecule has 0 aliphatic heterocycles. The van der Waals surface area contributed by atoms with E-state index in [4.69, 9.17) is 9.47 Å². The quantitative estimate of drug-likeness (QED) is 0.699. The lowest BCUT2D eigenvalue weighted by Gasteiger charge is -2.11. The Morgan fingerprint density at radius 3 is 2.63 bits per heavy atom. The van der Waals surface area contributed by atoms with E-state index in [1.54, 1.807) is 6.07 Å². The highest BCUT2D eigenvalue weighted by Gasteiger charge is 2.05. The third-order valence-corrected chi connectivity index (χ3v) is 2.54. The average Bonchev–Trinajstić information content (AvgIpc) is 2.38. The summed E-state index contributed by atoms with van der Waals surface area (Å²) in [4.78, 5) is 0. The van der Waals surface area contributed by atoms with Gasteiger partial charge in [0.05, 0.1) is 6.61 Å². The molecule has 0 unspecified atom stereocenters. The van der Waals surface area contributed by atoms with Crippen LogP contribution in [0, 0.1) is 5.82 Å². The zero-order valence-electron chi connectivity index (χ0n) is 12.0. The molecule has 0 atom stereocenters. The Kier molecular flexibility index (Phi) is 7.45. The predicted molar refractivity (Wildman–Crippen MR) is 75.0 cm³/mol. The van der Waals surface area contributed by atoms with Crippen molar-refractivity contribution in [2.45, 2.75) is 39.8 Å². The van der Waals surface area contributed by atoms with E-state index in [0.717, 1.165) is 12.0 Å². The van der Waals surface area contributed by atoms with Crippen molar-refractivity contribution in [1.29, 1.82) is 0 Å². The predicted octanol–water partition coefficient (Wildman–Crippen LogP) is 3.13. The largest absolute Gasteiger partial charge is 0.488 e. The Balaban J connectivity index is 2.39. The van der Waals surface area contributed by atoms with E-state index in [2.05, 4.69) is 19.2 Å². The van der Waals surface area contributed by atoms with Crippen molar-refractivity contribution in [2.24, 2.45) is 0 Å². The molecule has 0 saturated carbocycles. The number of rotatable bonds is 9. The number of hydrogen-bond donors (Lipinski definition) is 1. The van der Waals surface area contributed by atoms with Gasteiger partial charge in [-0.15, -0.1) is 0 Å². The van der Waals surface area contributed by atoms with Crippen LogP contribution in [0.15, 0.2) is 18.2 Å². The molecule has 1 aromatic rings. The molecule has 0 aliphatic carbocycles. The highest BCUT2D eigenvalue weighted by atomic mass is 19.1. The van der Waals surface area contributed by atoms with Gasteiger partial charge in [-0.1, -0.05) is 26.8 Å². The molecule has 1 rings (SSSR count). The molecule has 3 nitrogen and oxygen atoms in total. The molecular weight excluding hydrogens is 245 g/mol. The van der Waals surface area contributed by atoms with Crippen LogP contribution in [0.2, 0.25) is 0 Å². The lowest BCUT2D eigenvalue weighted by Crippen LogP contribution is -2.21. The average molecular weight is 269 g/mol. The maximum Gasteiger partial charge on any atom is 0.165 e. The molecule has 0 saturated heterocycles. The maximum atomic E-state index is 13.8. The van der Waals surface area contributed by atoms with Crippen molar-refractivity contribution in [2.75, 3.05) is 19.8 Å². The summed E-state index contributed by atoms with van der Waals surface area (Å²) >= 11 is 0. The normalized spacial score (nSPS) is 11.0. The third-order valence-electron chi connectivity index (χ3n) is 2.54. The minimum absolute atomic E-state index is 0.286. The van der Waals surface area contributed by atoms with Gasteiger partial charge in [0.2, 0.25) is 0 Å². The van der Waals surface area contributed by atoms with E-state index >= 15 is 0 Å². The Bertz CT molecular complexity index is 369. The minimum atomic E-state index is -0.321. The smallest absolute Gasteiger partial charge is 0.165 e. The summed E-state index contributed by atoms with van der Waals surface area (Å²) in [6, 6.07) is 5.44. The summed E-state index contributed by atoms with van der Waals surface area (Å²) in [5, 5.41) is 3.25. The molecule has 19 heavy (non-hydrogen) atoms. The van der Waals surface area contributed by atoms with Gasteiger partial charge < -0.3 is 14.8 Å². The van der Waals surface area contributed by atoms with Crippen LogP contribution in [-0.2, 0) is 11.3 Å². The van der Waals surface area contributed by atoms with Crippen LogP contribution < -0.4 is 10.1 Å². The molecule has 0 radical (unpaired) electrons. The first-order valence-corrected chi connectivity index (χ1v) is 6.85. The van der Waals surface area contributed by atoms with E-state index in [0.29, 0.717) is 32.4 Å². The first-order chi connectivity index (χ1) is 9.13. The molecule has 4 heteroatoms. The fraction of sp³-hybridized carbons (Fsp3) is 0.600. The standard InChI is InChI=1S/C15H24FNO2/c1-4-7-18-8-9-19-15-6-5-13(10-14(15)16)11-17-12(2)3/h5-6,10,12,17H,4,7-9,11H2,1-3H3. The second-order valence-electron chi connectivity index (χ2n) is 4.76. The van der Waals surface area contributed by atoms with Crippen LogP contribution >= 0.6 is 0 Å². The van der Waals surface area contributed by atoms with Gasteiger partial charge >= 0.3 is 0 Å². The van der Waals surface area contributed by atoms with Gasteiger partial charge in [-0.05, 0) is 24.1 Å². The molecule has 0 fully saturated rings. The van der Waals surface area contributed by atoms with Gasteiger partial charge in [-0.2, -0.15) is 0 Å². The fourth-order valence-corrected chi connectivity index (χ4v) is 1.55. The van der Waals surface area contributed by atoms with Crippen LogP contribution in [-0.4, -0.2) is 25.9 Å². The Labute approximate surface area is 115 Å². The Morgan fingerprint density at radius 1 is 1.21 bits per heavy atom. The second kappa shape index (κ2) is 8.88. The summed E-state index contributed by atoms with van der Waals surface area (Å²) < 4.78 is 24.4. The summed E-state index contributed by atoms with van der Waals surface area (Å²) in [6.07, 6.45) is 0.978. The summed E-state index contributed by atoms with van der Waals surface area (Å²) in [5.74, 6) is -0.0352. The Hall–Kier alpha value is -1.13. The SMILES string of the molecule is CCCOCCOc1ccc(CNC(C)C)cc1F. The zero-order valence-corrected chi connectivity index (χ0v) is 12.0. The fourth-order valence-electron chi connectivity index (χ4n) is 1.55. The molecule has 0 spiro atoms. The van der Waals surface area contributed by atoms with Crippen LogP contribution in [0.5, 0.6) is 5.75 Å². The molecule has 108 valence electrons. The molecule has 1 N–H and O–H groups in total. The van der Waals surface area contributed by atoms with Crippen LogP contribution in [0.4, 0.5) is 4.39 Å². The van der Waals surface area contributed by atoms with Crippen molar-refractivity contribution < 1.29 is 13.9 Å². The van der Waals surface area contributed by atoms with E-state index in [1.807, 2.05) is 13.0 Å². The van der Waals surface area contributed by atoms with Gasteiger partial charge in [0.1, 0.15) is 6.61 Å². The minimum Gasteiger partial charge on any atom is -0.488 e. The number of nitrogens with one attached hydrogen (secondary N) is 1. The maximum absolute atomic E-state index is 13.8. The molecule has 0 bridgehead atoms. The van der Waals surface area contributed by atoms with E-state index in [9.17, 15) is 4.39 Å². The van der Waals surface area contributed by atoms with Crippen LogP contribution in [0.1, 0.15) is 32.8 Å². The van der Waals surface area contributed by atoms with Gasteiger partial charge in [-0.25, -0.2) is 4.39 Å². The molecular formula is C15H24FNO2. The number of benzene rings is 1. The third kappa shape index (κ3) is 6.55. The van der Waals surface area contributed by atoms with Crippen molar-refractivity contribution >= 4 is 0 Å². The van der Waals surface area contributed by atoms with Gasteiger partial charge in [0, 0.05) is 19.2 Å². The van der Waals surface area contributed by atoms with E-state index < -0.39 is 0 Å².